The van der Waals surface area contributed by atoms with Crippen molar-refractivity contribution in [2.24, 2.45) is 16.7 Å². The molecule has 1 heterocycles. The minimum absolute atomic E-state index is 0.00284. The number of rotatable bonds is 13. The predicted octanol–water partition coefficient (Wildman–Crippen LogP) is 3.01. The molecule has 0 bridgehead atoms. The second-order valence-corrected chi connectivity index (χ2v) is 8.74. The zero-order valence-corrected chi connectivity index (χ0v) is 21.7. The number of benzene rings is 2. The number of hydrazone groups is 1. The molecule has 13 heteroatoms. The lowest BCUT2D eigenvalue weighted by molar-refractivity contribution is -0.757. The number of aromatic nitrogens is 2. The standard InChI is InChI=1S/C25H30ClN7O5/c1-2-3-8-22-29-24(26)21(16-34)31(22)15-17-9-11-18(12-10-17)19-6-4-5-7-20(19)25(27)30-32(28)23(35)13-14-38-33(36)37/h4-7,9-12,34H,2-3,8,13-16,28H2,1H3,(H2,27,30). The molecule has 202 valence electrons. The summed E-state index contributed by atoms with van der Waals surface area (Å²) in [6.07, 6.45) is 2.42. The van der Waals surface area contributed by atoms with Crippen LogP contribution in [-0.4, -0.2) is 43.2 Å². The topological polar surface area (TPSA) is 175 Å². The van der Waals surface area contributed by atoms with Crippen molar-refractivity contribution in [2.75, 3.05) is 6.61 Å². The number of amidine groups is 1. The van der Waals surface area contributed by atoms with Crippen molar-refractivity contribution < 1.29 is 19.8 Å². The number of hydrazine groups is 1. The number of nitrogens with two attached hydrogens (primary N) is 2. The van der Waals surface area contributed by atoms with Crippen LogP contribution in [0.1, 0.15) is 48.8 Å². The van der Waals surface area contributed by atoms with Crippen LogP contribution in [0.3, 0.4) is 0 Å². The highest BCUT2D eigenvalue weighted by Gasteiger charge is 2.16. The number of nitrogens with zero attached hydrogens (tertiary/aromatic N) is 5. The molecule has 5 N–H and O–H groups in total. The van der Waals surface area contributed by atoms with E-state index in [-0.39, 0.29) is 18.9 Å². The highest BCUT2D eigenvalue weighted by Crippen LogP contribution is 2.26. The first kappa shape index (κ1) is 28.6. The summed E-state index contributed by atoms with van der Waals surface area (Å²) in [5.41, 5.74) is 9.91. The van der Waals surface area contributed by atoms with E-state index in [1.165, 1.54) is 0 Å². The van der Waals surface area contributed by atoms with Crippen LogP contribution < -0.4 is 11.6 Å². The summed E-state index contributed by atoms with van der Waals surface area (Å²) in [6, 6.07) is 15.0. The molecule has 0 unspecified atom stereocenters. The molecule has 0 radical (unpaired) electrons. The van der Waals surface area contributed by atoms with Gasteiger partial charge in [-0.05, 0) is 23.1 Å². The van der Waals surface area contributed by atoms with E-state index in [0.29, 0.717) is 28.1 Å². The van der Waals surface area contributed by atoms with Crippen LogP contribution >= 0.6 is 11.6 Å². The van der Waals surface area contributed by atoms with Crippen molar-refractivity contribution >= 4 is 23.3 Å². The van der Waals surface area contributed by atoms with Gasteiger partial charge in [-0.15, -0.1) is 15.2 Å². The van der Waals surface area contributed by atoms with E-state index in [2.05, 4.69) is 21.8 Å². The van der Waals surface area contributed by atoms with Crippen molar-refractivity contribution in [3.05, 3.63) is 86.4 Å². The van der Waals surface area contributed by atoms with Crippen molar-refractivity contribution in [1.82, 2.24) is 14.7 Å². The molecule has 0 aliphatic carbocycles. The molecule has 12 nitrogen and oxygen atoms in total. The summed E-state index contributed by atoms with van der Waals surface area (Å²) in [6.45, 7) is 1.96. The van der Waals surface area contributed by atoms with Crippen LogP contribution in [-0.2, 0) is 29.2 Å². The van der Waals surface area contributed by atoms with Gasteiger partial charge in [0, 0.05) is 18.5 Å². The second kappa shape index (κ2) is 13.5. The molecule has 0 saturated heterocycles. The second-order valence-electron chi connectivity index (χ2n) is 8.39. The van der Waals surface area contributed by atoms with Gasteiger partial charge in [0.1, 0.15) is 12.4 Å². The number of amides is 1. The van der Waals surface area contributed by atoms with Gasteiger partial charge in [0.05, 0.1) is 18.7 Å². The Kier molecular flexibility index (Phi) is 10.2. The average molecular weight is 544 g/mol. The molecule has 0 spiro atoms. The van der Waals surface area contributed by atoms with E-state index in [4.69, 9.17) is 23.2 Å². The van der Waals surface area contributed by atoms with Crippen LogP contribution in [0.5, 0.6) is 0 Å². The number of aliphatic hydroxyl groups excluding tert-OH is 1. The molecule has 0 saturated carbocycles. The van der Waals surface area contributed by atoms with Crippen molar-refractivity contribution in [3.8, 4) is 11.1 Å². The van der Waals surface area contributed by atoms with Gasteiger partial charge in [0.25, 0.3) is 11.0 Å². The number of carbonyl (C=O) groups excluding carboxylic acids is 1. The smallest absolute Gasteiger partial charge is 0.294 e. The number of halogens is 1. The van der Waals surface area contributed by atoms with Crippen molar-refractivity contribution in [2.45, 2.75) is 45.8 Å². The summed E-state index contributed by atoms with van der Waals surface area (Å²) in [7, 11) is 0. The van der Waals surface area contributed by atoms with Gasteiger partial charge in [0.15, 0.2) is 11.0 Å². The molecule has 3 aromatic rings. The van der Waals surface area contributed by atoms with Crippen LogP contribution in [0.2, 0.25) is 5.15 Å². The summed E-state index contributed by atoms with van der Waals surface area (Å²) in [4.78, 5) is 30.9. The predicted molar refractivity (Wildman–Crippen MR) is 142 cm³/mol. The third-order valence-electron chi connectivity index (χ3n) is 5.80. The Labute approximate surface area is 224 Å². The van der Waals surface area contributed by atoms with E-state index in [0.717, 1.165) is 41.8 Å². The number of imidazole rings is 1. The summed E-state index contributed by atoms with van der Waals surface area (Å²) in [5, 5.41) is 23.9. The molecule has 0 atom stereocenters. The van der Waals surface area contributed by atoms with Gasteiger partial charge in [-0.1, -0.05) is 73.5 Å². The SMILES string of the molecule is CCCCc1nc(Cl)c(CO)n1Cc1ccc(-c2ccccc2/C(N)=N/N(N)C(=O)CCO[N+](=O)[O-])cc1. The normalized spacial score (nSPS) is 11.4. The van der Waals surface area contributed by atoms with Crippen LogP contribution in [0.15, 0.2) is 53.6 Å². The maximum absolute atomic E-state index is 12.1. The maximum atomic E-state index is 12.1. The number of hydrogen-bond donors (Lipinski definition) is 3. The fraction of sp³-hybridized carbons (Fsp3) is 0.320. The highest BCUT2D eigenvalue weighted by atomic mass is 35.5. The summed E-state index contributed by atoms with van der Waals surface area (Å²) >= 11 is 6.26. The van der Waals surface area contributed by atoms with Crippen molar-refractivity contribution in [3.63, 3.8) is 0 Å². The molecule has 2 aromatic carbocycles. The highest BCUT2D eigenvalue weighted by molar-refractivity contribution is 6.30. The van der Waals surface area contributed by atoms with Crippen molar-refractivity contribution in [1.29, 1.82) is 0 Å². The molecule has 0 aliphatic heterocycles. The fourth-order valence-corrected chi connectivity index (χ4v) is 4.11. The summed E-state index contributed by atoms with van der Waals surface area (Å²) in [5.74, 6) is 5.82. The molecule has 1 amide bonds. The van der Waals surface area contributed by atoms with E-state index in [1.807, 2.05) is 41.0 Å². The first-order valence-corrected chi connectivity index (χ1v) is 12.3. The summed E-state index contributed by atoms with van der Waals surface area (Å²) < 4.78 is 1.95. The quantitative estimate of drug-likeness (QED) is 0.0735. The molecular weight excluding hydrogens is 514 g/mol. The monoisotopic (exact) mass is 543 g/mol. The molecular formula is C25H30ClN7O5. The third kappa shape index (κ3) is 7.28. The van der Waals surface area contributed by atoms with Crippen LogP contribution in [0.25, 0.3) is 11.1 Å². The Morgan fingerprint density at radius 3 is 2.63 bits per heavy atom. The lowest BCUT2D eigenvalue weighted by atomic mass is 9.98. The van der Waals surface area contributed by atoms with Gasteiger partial charge in [-0.25, -0.2) is 10.8 Å². The van der Waals surface area contributed by atoms with Crippen LogP contribution in [0, 0.1) is 10.1 Å². The molecule has 1 aromatic heterocycles. The fourth-order valence-electron chi connectivity index (χ4n) is 3.85. The van der Waals surface area contributed by atoms with E-state index in [9.17, 15) is 20.0 Å². The Morgan fingerprint density at radius 2 is 1.97 bits per heavy atom. The minimum Gasteiger partial charge on any atom is -0.390 e. The van der Waals surface area contributed by atoms with Gasteiger partial charge in [0.2, 0.25) is 0 Å². The zero-order chi connectivity index (χ0) is 27.7. The molecule has 38 heavy (non-hydrogen) atoms. The Bertz CT molecular complexity index is 1290. The largest absolute Gasteiger partial charge is 0.390 e. The average Bonchev–Trinajstić information content (AvgIpc) is 3.20. The molecule has 3 rings (SSSR count). The zero-order valence-electron chi connectivity index (χ0n) is 20.9. The number of aliphatic hydroxyl groups is 1. The minimum atomic E-state index is -0.991. The van der Waals surface area contributed by atoms with E-state index in [1.54, 1.807) is 12.1 Å². The number of carbonyl (C=O) groups is 1. The van der Waals surface area contributed by atoms with E-state index < -0.39 is 17.6 Å². The first-order valence-electron chi connectivity index (χ1n) is 12.0. The lowest BCUT2D eigenvalue weighted by Gasteiger charge is -2.14. The van der Waals surface area contributed by atoms with Gasteiger partial charge in [-0.3, -0.25) is 4.79 Å². The van der Waals surface area contributed by atoms with Gasteiger partial charge >= 0.3 is 0 Å². The lowest BCUT2D eigenvalue weighted by Crippen LogP contribution is -2.36. The molecule has 0 fully saturated rings. The number of unbranched alkanes of at least 4 members (excludes halogenated alkanes) is 1. The number of hydrogen-bond acceptors (Lipinski definition) is 8. The Morgan fingerprint density at radius 1 is 1.26 bits per heavy atom. The Hall–Kier alpha value is -4.00. The van der Waals surface area contributed by atoms with E-state index >= 15 is 0 Å². The third-order valence-corrected chi connectivity index (χ3v) is 6.10. The number of aryl methyl sites for hydroxylation is 1. The van der Waals surface area contributed by atoms with Gasteiger partial charge < -0.3 is 20.2 Å². The molecule has 0 aliphatic rings. The van der Waals surface area contributed by atoms with Gasteiger partial charge in [-0.2, -0.15) is 5.12 Å². The maximum Gasteiger partial charge on any atom is 0.294 e. The van der Waals surface area contributed by atoms with Crippen LogP contribution in [0.4, 0.5) is 0 Å². The Balaban J connectivity index is 1.80. The first-order chi connectivity index (χ1) is 18.2.